The van der Waals surface area contributed by atoms with Crippen molar-refractivity contribution in [2.45, 2.75) is 37.2 Å². The van der Waals surface area contributed by atoms with Crippen molar-refractivity contribution in [3.63, 3.8) is 0 Å². The molecule has 0 aromatic carbocycles. The Morgan fingerprint density at radius 3 is 2.89 bits per heavy atom. The molecular formula is C11H17BrN2O3S. The Morgan fingerprint density at radius 2 is 2.33 bits per heavy atom. The van der Waals surface area contributed by atoms with Crippen LogP contribution in [-0.2, 0) is 16.6 Å². The molecule has 1 aliphatic rings. The first-order chi connectivity index (χ1) is 8.46. The third kappa shape index (κ3) is 2.49. The monoisotopic (exact) mass is 336 g/mol. The summed E-state index contributed by atoms with van der Waals surface area (Å²) >= 11 is 3.19. The van der Waals surface area contributed by atoms with E-state index in [1.54, 1.807) is 17.4 Å². The predicted octanol–water partition coefficient (Wildman–Crippen LogP) is 1.93. The van der Waals surface area contributed by atoms with Gasteiger partial charge in [-0.15, -0.1) is 0 Å². The largest absolute Gasteiger partial charge is 0.452 e. The molecule has 1 aromatic rings. The van der Waals surface area contributed by atoms with Crippen LogP contribution in [0.15, 0.2) is 20.0 Å². The van der Waals surface area contributed by atoms with Crippen molar-refractivity contribution < 1.29 is 12.8 Å². The molecule has 2 rings (SSSR count). The van der Waals surface area contributed by atoms with Crippen molar-refractivity contribution in [3.8, 4) is 0 Å². The lowest BCUT2D eigenvalue weighted by molar-refractivity contribution is 0.406. The minimum Gasteiger partial charge on any atom is -0.452 e. The van der Waals surface area contributed by atoms with Crippen molar-refractivity contribution in [3.05, 3.63) is 16.5 Å². The van der Waals surface area contributed by atoms with Gasteiger partial charge in [0.05, 0.1) is 6.54 Å². The SMILES string of the molecule is CNCc1cc(S(=O)(=O)N2CCCC2C)c(Br)o1. The Kier molecular flexibility index (Phi) is 4.15. The van der Waals surface area contributed by atoms with E-state index in [0.717, 1.165) is 12.8 Å². The zero-order valence-electron chi connectivity index (χ0n) is 10.4. The summed E-state index contributed by atoms with van der Waals surface area (Å²) in [5.74, 6) is 0.606. The zero-order chi connectivity index (χ0) is 13.3. The van der Waals surface area contributed by atoms with E-state index >= 15 is 0 Å². The van der Waals surface area contributed by atoms with Crippen molar-refractivity contribution >= 4 is 26.0 Å². The summed E-state index contributed by atoms with van der Waals surface area (Å²) < 4.78 is 32.2. The van der Waals surface area contributed by atoms with Crippen LogP contribution in [0.4, 0.5) is 0 Å². The summed E-state index contributed by atoms with van der Waals surface area (Å²) in [5.41, 5.74) is 0. The van der Waals surface area contributed by atoms with Gasteiger partial charge in [-0.25, -0.2) is 8.42 Å². The highest BCUT2D eigenvalue weighted by atomic mass is 79.9. The molecule has 1 aromatic heterocycles. The van der Waals surface area contributed by atoms with E-state index in [1.165, 1.54) is 0 Å². The maximum atomic E-state index is 12.5. The highest BCUT2D eigenvalue weighted by Gasteiger charge is 2.35. The average Bonchev–Trinajstić information content (AvgIpc) is 2.86. The van der Waals surface area contributed by atoms with Gasteiger partial charge < -0.3 is 9.73 Å². The molecule has 1 aliphatic heterocycles. The Hall–Kier alpha value is -0.370. The predicted molar refractivity (Wildman–Crippen MR) is 71.8 cm³/mol. The molecule has 0 spiro atoms. The van der Waals surface area contributed by atoms with E-state index < -0.39 is 10.0 Å². The van der Waals surface area contributed by atoms with Gasteiger partial charge in [-0.3, -0.25) is 0 Å². The third-order valence-electron chi connectivity index (χ3n) is 3.14. The molecule has 0 radical (unpaired) electrons. The lowest BCUT2D eigenvalue weighted by atomic mass is 10.3. The minimum atomic E-state index is -3.45. The molecule has 0 aliphatic carbocycles. The molecule has 0 amide bonds. The molecule has 0 bridgehead atoms. The smallest absolute Gasteiger partial charge is 0.247 e. The van der Waals surface area contributed by atoms with Crippen molar-refractivity contribution in [2.75, 3.05) is 13.6 Å². The topological polar surface area (TPSA) is 62.6 Å². The first-order valence-corrected chi connectivity index (χ1v) is 8.14. The lowest BCUT2D eigenvalue weighted by Crippen LogP contribution is -2.33. The van der Waals surface area contributed by atoms with Crippen LogP contribution >= 0.6 is 15.9 Å². The summed E-state index contributed by atoms with van der Waals surface area (Å²) in [6, 6.07) is 1.64. The number of rotatable bonds is 4. The van der Waals surface area contributed by atoms with Crippen LogP contribution in [0, 0.1) is 0 Å². The molecule has 1 saturated heterocycles. The summed E-state index contributed by atoms with van der Waals surface area (Å²) in [5, 5.41) is 2.93. The zero-order valence-corrected chi connectivity index (χ0v) is 12.8. The number of sulfonamides is 1. The Bertz CT molecular complexity index is 526. The highest BCUT2D eigenvalue weighted by Crippen LogP contribution is 2.32. The highest BCUT2D eigenvalue weighted by molar-refractivity contribution is 9.10. The third-order valence-corrected chi connectivity index (χ3v) is 6.01. The van der Waals surface area contributed by atoms with Crippen molar-refractivity contribution in [2.24, 2.45) is 0 Å². The van der Waals surface area contributed by atoms with Gasteiger partial charge in [0.1, 0.15) is 10.7 Å². The fraction of sp³-hybridized carbons (Fsp3) is 0.636. The summed E-state index contributed by atoms with van der Waals surface area (Å²) in [7, 11) is -1.67. The summed E-state index contributed by atoms with van der Waals surface area (Å²) in [4.78, 5) is 0.224. The van der Waals surface area contributed by atoms with Crippen LogP contribution < -0.4 is 5.32 Å². The van der Waals surface area contributed by atoms with Crippen LogP contribution in [0.25, 0.3) is 0 Å². The van der Waals surface area contributed by atoms with E-state index in [4.69, 9.17) is 4.42 Å². The molecule has 18 heavy (non-hydrogen) atoms. The van der Waals surface area contributed by atoms with Gasteiger partial charge in [-0.05, 0) is 42.7 Å². The van der Waals surface area contributed by atoms with Gasteiger partial charge in [0.15, 0.2) is 4.67 Å². The van der Waals surface area contributed by atoms with Gasteiger partial charge in [-0.1, -0.05) is 0 Å². The normalized spacial score (nSPS) is 21.6. The molecular weight excluding hydrogens is 320 g/mol. The molecule has 1 atom stereocenters. The molecule has 7 heteroatoms. The molecule has 2 heterocycles. The molecule has 0 saturated carbocycles. The second-order valence-corrected chi connectivity index (χ2v) is 7.07. The van der Waals surface area contributed by atoms with E-state index in [-0.39, 0.29) is 15.6 Å². The van der Waals surface area contributed by atoms with Crippen LogP contribution in [-0.4, -0.2) is 32.4 Å². The Balaban J connectivity index is 2.35. The number of hydrogen-bond acceptors (Lipinski definition) is 4. The van der Waals surface area contributed by atoms with Crippen LogP contribution in [0.1, 0.15) is 25.5 Å². The molecule has 5 nitrogen and oxygen atoms in total. The maximum absolute atomic E-state index is 12.5. The van der Waals surface area contributed by atoms with E-state index in [9.17, 15) is 8.42 Å². The molecule has 1 N–H and O–H groups in total. The fourth-order valence-corrected chi connectivity index (χ4v) is 4.89. The first-order valence-electron chi connectivity index (χ1n) is 5.91. The van der Waals surface area contributed by atoms with Gasteiger partial charge in [0.25, 0.3) is 0 Å². The van der Waals surface area contributed by atoms with Crippen molar-refractivity contribution in [1.29, 1.82) is 0 Å². The Labute approximate surface area is 116 Å². The van der Waals surface area contributed by atoms with Gasteiger partial charge in [0.2, 0.25) is 10.0 Å². The average molecular weight is 337 g/mol. The van der Waals surface area contributed by atoms with Crippen LogP contribution in [0.3, 0.4) is 0 Å². The van der Waals surface area contributed by atoms with Gasteiger partial charge >= 0.3 is 0 Å². The van der Waals surface area contributed by atoms with Crippen LogP contribution in [0.5, 0.6) is 0 Å². The summed E-state index contributed by atoms with van der Waals surface area (Å²) in [6.07, 6.45) is 1.83. The quantitative estimate of drug-likeness (QED) is 0.912. The number of hydrogen-bond donors (Lipinski definition) is 1. The number of furan rings is 1. The fourth-order valence-electron chi connectivity index (χ4n) is 2.23. The Morgan fingerprint density at radius 1 is 1.61 bits per heavy atom. The first kappa shape index (κ1) is 14.0. The van der Waals surface area contributed by atoms with Gasteiger partial charge in [0, 0.05) is 18.7 Å². The standard InChI is InChI=1S/C11H17BrN2O3S/c1-8-4-3-5-14(8)18(15,16)10-6-9(7-13-2)17-11(10)12/h6,8,13H,3-5,7H2,1-2H3. The van der Waals surface area contributed by atoms with Crippen LogP contribution in [0.2, 0.25) is 0 Å². The van der Waals surface area contributed by atoms with Gasteiger partial charge in [-0.2, -0.15) is 4.31 Å². The molecule has 1 unspecified atom stereocenters. The maximum Gasteiger partial charge on any atom is 0.247 e. The molecule has 102 valence electrons. The second-order valence-electron chi connectivity index (χ2n) is 4.49. The summed E-state index contributed by atoms with van der Waals surface area (Å²) in [6.45, 7) is 3.03. The number of halogens is 1. The second kappa shape index (κ2) is 5.32. The number of nitrogens with zero attached hydrogens (tertiary/aromatic N) is 1. The van der Waals surface area contributed by atoms with E-state index in [2.05, 4.69) is 21.2 Å². The lowest BCUT2D eigenvalue weighted by Gasteiger charge is -2.19. The van der Waals surface area contributed by atoms with E-state index in [0.29, 0.717) is 18.8 Å². The van der Waals surface area contributed by atoms with Crippen molar-refractivity contribution in [1.82, 2.24) is 9.62 Å². The minimum absolute atomic E-state index is 0.0598. The van der Waals surface area contributed by atoms with E-state index in [1.807, 2.05) is 6.92 Å². The molecule has 1 fully saturated rings. The number of nitrogens with one attached hydrogen (secondary N) is 1.